The number of amides is 1. The molecule has 0 saturated heterocycles. The first-order valence-electron chi connectivity index (χ1n) is 7.72. The van der Waals surface area contributed by atoms with Gasteiger partial charge in [-0.15, -0.1) is 0 Å². The maximum Gasteiger partial charge on any atom is 0.330 e. The summed E-state index contributed by atoms with van der Waals surface area (Å²) in [6.07, 6.45) is 0. The van der Waals surface area contributed by atoms with Crippen LogP contribution in [0.2, 0.25) is 0 Å². The molecule has 132 valence electrons. The monoisotopic (exact) mass is 336 g/mol. The molecule has 0 fully saturated rings. The normalized spacial score (nSPS) is 12.9. The molecule has 24 heavy (non-hydrogen) atoms. The predicted octanol–water partition coefficient (Wildman–Crippen LogP) is 1.80. The number of anilines is 1. The van der Waals surface area contributed by atoms with Crippen LogP contribution >= 0.6 is 0 Å². The lowest BCUT2D eigenvalue weighted by molar-refractivity contribution is -0.153. The molecule has 0 radical (unpaired) electrons. The van der Waals surface area contributed by atoms with Crippen molar-refractivity contribution in [1.29, 1.82) is 0 Å². The maximum atomic E-state index is 12.4. The maximum absolute atomic E-state index is 12.4. The number of carboxylic acids is 2. The SMILES string of the molecule is CC(C)C(NC(C(=O)O)C(=O)Nc1ccccc1)(C(=O)O)C(C)C. The molecule has 7 heteroatoms. The third-order valence-electron chi connectivity index (χ3n) is 4.11. The average molecular weight is 336 g/mol. The van der Waals surface area contributed by atoms with Crippen molar-refractivity contribution in [3.8, 4) is 0 Å². The first kappa shape index (κ1) is 19.6. The molecule has 1 aromatic rings. The van der Waals surface area contributed by atoms with Crippen LogP contribution < -0.4 is 10.6 Å². The molecule has 1 rings (SSSR count). The molecule has 0 saturated carbocycles. The Bertz CT molecular complexity index is 590. The van der Waals surface area contributed by atoms with Gasteiger partial charge in [-0.25, -0.2) is 4.79 Å². The lowest BCUT2D eigenvalue weighted by atomic mass is 9.76. The highest BCUT2D eigenvalue weighted by molar-refractivity contribution is 6.08. The van der Waals surface area contributed by atoms with Gasteiger partial charge in [0.25, 0.3) is 5.91 Å². The summed E-state index contributed by atoms with van der Waals surface area (Å²) in [5.41, 5.74) is -1.11. The molecule has 4 N–H and O–H groups in total. The minimum absolute atomic E-state index is 0.429. The van der Waals surface area contributed by atoms with Gasteiger partial charge in [0.15, 0.2) is 6.04 Å². The number of para-hydroxylation sites is 1. The highest BCUT2D eigenvalue weighted by Crippen LogP contribution is 2.27. The van der Waals surface area contributed by atoms with Crippen LogP contribution in [0.1, 0.15) is 27.7 Å². The van der Waals surface area contributed by atoms with Crippen molar-refractivity contribution in [2.75, 3.05) is 5.32 Å². The third kappa shape index (κ3) is 4.11. The quantitative estimate of drug-likeness (QED) is 0.538. The summed E-state index contributed by atoms with van der Waals surface area (Å²) in [7, 11) is 0. The second-order valence-corrected chi connectivity index (χ2v) is 6.25. The average Bonchev–Trinajstić information content (AvgIpc) is 2.47. The number of aliphatic carboxylic acids is 2. The van der Waals surface area contributed by atoms with Gasteiger partial charge in [0.05, 0.1) is 0 Å². The van der Waals surface area contributed by atoms with E-state index in [1.54, 1.807) is 58.0 Å². The van der Waals surface area contributed by atoms with Crippen molar-refractivity contribution >= 4 is 23.5 Å². The van der Waals surface area contributed by atoms with Gasteiger partial charge in [-0.05, 0) is 24.0 Å². The highest BCUT2D eigenvalue weighted by Gasteiger charge is 2.48. The van der Waals surface area contributed by atoms with Crippen LogP contribution in [-0.2, 0) is 14.4 Å². The first-order valence-corrected chi connectivity index (χ1v) is 7.72. The minimum atomic E-state index is -1.69. The van der Waals surface area contributed by atoms with Crippen LogP contribution in [-0.4, -0.2) is 39.6 Å². The Kier molecular flexibility index (Phi) is 6.48. The molecule has 1 amide bonds. The number of rotatable bonds is 8. The van der Waals surface area contributed by atoms with Crippen molar-refractivity contribution in [2.45, 2.75) is 39.3 Å². The van der Waals surface area contributed by atoms with Crippen molar-refractivity contribution < 1.29 is 24.6 Å². The number of carbonyl (C=O) groups is 3. The zero-order valence-electron chi connectivity index (χ0n) is 14.2. The smallest absolute Gasteiger partial charge is 0.330 e. The van der Waals surface area contributed by atoms with Gasteiger partial charge in [0, 0.05) is 5.69 Å². The fraction of sp³-hybridized carbons (Fsp3) is 0.471. The second kappa shape index (κ2) is 7.92. The summed E-state index contributed by atoms with van der Waals surface area (Å²) in [6, 6.07) is 6.70. The summed E-state index contributed by atoms with van der Waals surface area (Å²) in [6.45, 7) is 6.70. The van der Waals surface area contributed by atoms with Gasteiger partial charge >= 0.3 is 11.9 Å². The molecule has 1 unspecified atom stereocenters. The predicted molar refractivity (Wildman–Crippen MR) is 89.7 cm³/mol. The molecule has 0 spiro atoms. The van der Waals surface area contributed by atoms with Crippen LogP contribution in [0.15, 0.2) is 30.3 Å². The molecular weight excluding hydrogens is 312 g/mol. The van der Waals surface area contributed by atoms with Gasteiger partial charge in [-0.3, -0.25) is 14.9 Å². The Hall–Kier alpha value is -2.41. The lowest BCUT2D eigenvalue weighted by Gasteiger charge is -2.39. The van der Waals surface area contributed by atoms with Crippen molar-refractivity contribution in [1.82, 2.24) is 5.32 Å². The summed E-state index contributed by atoms with van der Waals surface area (Å²) >= 11 is 0. The highest BCUT2D eigenvalue weighted by atomic mass is 16.4. The number of hydrogen-bond acceptors (Lipinski definition) is 4. The van der Waals surface area contributed by atoms with Crippen molar-refractivity contribution in [2.24, 2.45) is 11.8 Å². The Labute approximate surface area is 141 Å². The molecule has 7 nitrogen and oxygen atoms in total. The summed E-state index contributed by atoms with van der Waals surface area (Å²) in [5.74, 6) is -4.30. The van der Waals surface area contributed by atoms with E-state index in [4.69, 9.17) is 0 Å². The second-order valence-electron chi connectivity index (χ2n) is 6.25. The number of benzene rings is 1. The Morgan fingerprint density at radius 2 is 1.46 bits per heavy atom. The van der Waals surface area contributed by atoms with Crippen molar-refractivity contribution in [3.05, 3.63) is 30.3 Å². The Morgan fingerprint density at radius 1 is 0.958 bits per heavy atom. The van der Waals surface area contributed by atoms with E-state index in [9.17, 15) is 24.6 Å². The molecule has 0 aliphatic rings. The van der Waals surface area contributed by atoms with E-state index in [2.05, 4.69) is 10.6 Å². The largest absolute Gasteiger partial charge is 0.480 e. The van der Waals surface area contributed by atoms with E-state index >= 15 is 0 Å². The molecule has 0 heterocycles. The fourth-order valence-corrected chi connectivity index (χ4v) is 2.77. The minimum Gasteiger partial charge on any atom is -0.480 e. The first-order chi connectivity index (χ1) is 11.1. The molecule has 0 aliphatic heterocycles. The summed E-state index contributed by atoms with van der Waals surface area (Å²) in [5, 5.41) is 24.2. The lowest BCUT2D eigenvalue weighted by Crippen LogP contribution is -2.66. The van der Waals surface area contributed by atoms with Gasteiger partial charge < -0.3 is 15.5 Å². The van der Waals surface area contributed by atoms with Gasteiger partial charge in [0.2, 0.25) is 0 Å². The molecule has 0 aromatic heterocycles. The number of carboxylic acid groups (broad SMARTS) is 2. The van der Waals surface area contributed by atoms with Crippen LogP contribution in [0.25, 0.3) is 0 Å². The molecule has 0 aliphatic carbocycles. The summed E-state index contributed by atoms with van der Waals surface area (Å²) < 4.78 is 0. The number of nitrogens with one attached hydrogen (secondary N) is 2. The van der Waals surface area contributed by atoms with Gasteiger partial charge in [-0.2, -0.15) is 0 Å². The Morgan fingerprint density at radius 3 is 1.83 bits per heavy atom. The third-order valence-corrected chi connectivity index (χ3v) is 4.11. The molecule has 0 bridgehead atoms. The van der Waals surface area contributed by atoms with E-state index in [0.717, 1.165) is 0 Å². The van der Waals surface area contributed by atoms with Crippen LogP contribution in [0.3, 0.4) is 0 Å². The molecule has 1 aromatic carbocycles. The molecule has 1 atom stereocenters. The Balaban J connectivity index is 3.12. The topological polar surface area (TPSA) is 116 Å². The number of hydrogen-bond donors (Lipinski definition) is 4. The van der Waals surface area contributed by atoms with Crippen LogP contribution in [0.5, 0.6) is 0 Å². The van der Waals surface area contributed by atoms with Crippen molar-refractivity contribution in [3.63, 3.8) is 0 Å². The zero-order chi connectivity index (χ0) is 18.5. The van der Waals surface area contributed by atoms with E-state index in [1.165, 1.54) is 0 Å². The van der Waals surface area contributed by atoms with E-state index in [0.29, 0.717) is 5.69 Å². The summed E-state index contributed by atoms with van der Waals surface area (Å²) in [4.78, 5) is 35.8. The van der Waals surface area contributed by atoms with E-state index < -0.39 is 41.3 Å². The fourth-order valence-electron chi connectivity index (χ4n) is 2.77. The van der Waals surface area contributed by atoms with Crippen LogP contribution in [0, 0.1) is 11.8 Å². The van der Waals surface area contributed by atoms with Gasteiger partial charge in [0.1, 0.15) is 5.54 Å². The standard InChI is InChI=1S/C17H24N2O5/c1-10(2)17(11(3)4,16(23)24)19-13(15(21)22)14(20)18-12-8-6-5-7-9-12/h5-11,13,19H,1-4H3,(H,18,20)(H,21,22)(H,23,24). The molecular formula is C17H24N2O5. The van der Waals surface area contributed by atoms with Crippen LogP contribution in [0.4, 0.5) is 5.69 Å². The van der Waals surface area contributed by atoms with Gasteiger partial charge in [-0.1, -0.05) is 45.9 Å². The number of carbonyl (C=O) groups excluding carboxylic acids is 1. The zero-order valence-corrected chi connectivity index (χ0v) is 14.2. The van der Waals surface area contributed by atoms with E-state index in [-0.39, 0.29) is 0 Å². The van der Waals surface area contributed by atoms with E-state index in [1.807, 2.05) is 0 Å².